The topological polar surface area (TPSA) is 202 Å². The summed E-state index contributed by atoms with van der Waals surface area (Å²) in [6.07, 6.45) is 30.6. The number of rotatable bonds is 14. The lowest BCUT2D eigenvalue weighted by atomic mass is 9.82. The lowest BCUT2D eigenvalue weighted by molar-refractivity contribution is -0.119. The highest BCUT2D eigenvalue weighted by molar-refractivity contribution is 5.87. The number of Topliss-reactive ketones (excluding diaryl/α,β-unsaturated/α-hetero) is 4. The highest BCUT2D eigenvalue weighted by Gasteiger charge is 2.29. The van der Waals surface area contributed by atoms with Crippen molar-refractivity contribution in [1.29, 1.82) is 0 Å². The van der Waals surface area contributed by atoms with E-state index in [1.54, 1.807) is 39.4 Å². The fourth-order valence-electron chi connectivity index (χ4n) is 17.5. The lowest BCUT2D eigenvalue weighted by Gasteiger charge is -2.26. The first-order valence-corrected chi connectivity index (χ1v) is 39.9. The molecule has 17 heteroatoms. The van der Waals surface area contributed by atoms with E-state index < -0.39 is 0 Å². The number of ether oxygens (including phenoxy) is 5. The van der Waals surface area contributed by atoms with Crippen molar-refractivity contribution in [3.8, 4) is 44.5 Å². The van der Waals surface area contributed by atoms with Gasteiger partial charge >= 0.3 is 0 Å². The maximum atomic E-state index is 12.1. The Balaban J connectivity index is 0.000000128. The molecule has 4 aromatic carbocycles. The van der Waals surface area contributed by atoms with Gasteiger partial charge in [0.15, 0.2) is 0 Å². The zero-order valence-corrected chi connectivity index (χ0v) is 65.3. The van der Waals surface area contributed by atoms with Crippen LogP contribution >= 0.6 is 0 Å². The first kappa shape index (κ1) is 78.3. The van der Waals surface area contributed by atoms with Crippen molar-refractivity contribution < 1.29 is 42.9 Å². The van der Waals surface area contributed by atoms with Gasteiger partial charge in [0.2, 0.25) is 0 Å². The fraction of sp³-hybridized carbons (Fsp3) is 0.478. The second-order valence-electron chi connectivity index (χ2n) is 32.1. The van der Waals surface area contributed by atoms with Crippen LogP contribution in [0.5, 0.6) is 0 Å². The van der Waals surface area contributed by atoms with Crippen molar-refractivity contribution >= 4 is 23.1 Å². The van der Waals surface area contributed by atoms with Gasteiger partial charge in [-0.05, 0) is 265 Å². The average Bonchev–Trinajstić information content (AvgIpc) is 0.976. The summed E-state index contributed by atoms with van der Waals surface area (Å²) in [5.74, 6) is 2.05. The molecule has 574 valence electrons. The van der Waals surface area contributed by atoms with E-state index in [9.17, 15) is 38.4 Å². The average molecular weight is 1480 g/mol. The van der Waals surface area contributed by atoms with Crippen molar-refractivity contribution in [3.05, 3.63) is 228 Å². The van der Waals surface area contributed by atoms with Crippen LogP contribution in [-0.4, -0.2) is 92.7 Å². The number of carbonyl (C=O) groups excluding carboxylic acids is 4. The number of nitrogens with zero attached hydrogens (tertiary/aromatic N) is 4. The minimum absolute atomic E-state index is 0.0214. The van der Waals surface area contributed by atoms with Gasteiger partial charge in [-0.1, -0.05) is 62.1 Å². The lowest BCUT2D eigenvalue weighted by Crippen LogP contribution is -2.26. The molecule has 3 saturated heterocycles. The summed E-state index contributed by atoms with van der Waals surface area (Å²) < 4.78 is 35.8. The first-order valence-electron chi connectivity index (χ1n) is 39.9. The Morgan fingerprint density at radius 3 is 1.06 bits per heavy atom. The van der Waals surface area contributed by atoms with Crippen LogP contribution in [0, 0.1) is 33.6 Å². The van der Waals surface area contributed by atoms with E-state index in [-0.39, 0.29) is 40.5 Å². The highest BCUT2D eigenvalue weighted by atomic mass is 16.5. The molecule has 0 radical (unpaired) electrons. The van der Waals surface area contributed by atoms with Gasteiger partial charge in [0, 0.05) is 153 Å². The van der Waals surface area contributed by atoms with Crippen LogP contribution in [-0.2, 0) is 148 Å². The second-order valence-corrected chi connectivity index (χ2v) is 32.1. The molecule has 0 amide bonds. The summed E-state index contributed by atoms with van der Waals surface area (Å²) in [5, 5.41) is 0. The number of ketones is 4. The highest BCUT2D eigenvalue weighted by Crippen LogP contribution is 2.38. The standard InChI is InChI=1S/2C23H27NO4.C23H27NO3.C23H27NO2/c1-15-9-18(13-24(2)23(15)26)17-10-16-3-4-20(25)12-22(16)19(11-17)14-28-21-5-7-27-8-6-21;1-15-8-18(12-24(2)23(15)26)17-9-16-5-6-20(25)11-22(16)19(10-17)13-28-21-4-3-7-27-14-21;1-15-9-19(14-24(2)23(15)26)17-10-16-6-7-20(25)13-22(16)18(11-17)12-21-5-3-4-8-27-21;1-15-9-20(14-24(2)23(15)26)18-11-17-7-8-21(25)13-22(17)19(12-18)10-16-5-3-4-6-16/h9-11,13,21H,3-8,12,14H2,1-2H3;8-10,12,21H,3-7,11,13-14H2,1-2H3;9-11,14,21H,3-8,12-13H2,1-2H3;9,11-12,14,16H,3-8,10,13H2,1-2H3. The van der Waals surface area contributed by atoms with E-state index in [1.807, 2.05) is 83.8 Å². The molecule has 4 aromatic heterocycles. The van der Waals surface area contributed by atoms with Gasteiger partial charge in [-0.2, -0.15) is 0 Å². The fourth-order valence-corrected chi connectivity index (χ4v) is 17.5. The quantitative estimate of drug-likeness (QED) is 0.0996. The molecule has 2 unspecified atom stereocenters. The Morgan fingerprint density at radius 1 is 0.339 bits per heavy atom. The number of hydrogen-bond acceptors (Lipinski definition) is 13. The van der Waals surface area contributed by atoms with Crippen molar-refractivity contribution in [2.24, 2.45) is 34.1 Å². The zero-order chi connectivity index (χ0) is 76.6. The van der Waals surface area contributed by atoms with Crippen LogP contribution < -0.4 is 22.2 Å². The van der Waals surface area contributed by atoms with Crippen molar-refractivity contribution in [2.75, 3.05) is 33.0 Å². The molecule has 109 heavy (non-hydrogen) atoms. The van der Waals surface area contributed by atoms with Crippen molar-refractivity contribution in [3.63, 3.8) is 0 Å². The Hall–Kier alpha value is -8.84. The molecule has 4 fully saturated rings. The summed E-state index contributed by atoms with van der Waals surface area (Å²) >= 11 is 0. The van der Waals surface area contributed by atoms with Gasteiger partial charge in [-0.15, -0.1) is 0 Å². The normalized spacial score (nSPS) is 18.6. The number of aromatic nitrogens is 4. The third-order valence-corrected chi connectivity index (χ3v) is 23.7. The van der Waals surface area contributed by atoms with Gasteiger partial charge in [0.05, 0.1) is 38.1 Å². The third-order valence-electron chi connectivity index (χ3n) is 23.7. The predicted octanol–water partition coefficient (Wildman–Crippen LogP) is 13.9. The molecule has 8 aliphatic rings. The van der Waals surface area contributed by atoms with Gasteiger partial charge in [-0.3, -0.25) is 38.4 Å². The number of aryl methyl sites for hydroxylation is 12. The van der Waals surface area contributed by atoms with Crippen LogP contribution in [0.15, 0.2) is 117 Å². The number of hydrogen-bond donors (Lipinski definition) is 0. The molecule has 17 nitrogen and oxygen atoms in total. The first-order chi connectivity index (χ1) is 52.5. The van der Waals surface area contributed by atoms with E-state index in [0.29, 0.717) is 94.3 Å². The molecule has 7 heterocycles. The summed E-state index contributed by atoms with van der Waals surface area (Å²) in [7, 11) is 7.18. The van der Waals surface area contributed by atoms with E-state index >= 15 is 0 Å². The van der Waals surface area contributed by atoms with Crippen LogP contribution in [0.3, 0.4) is 0 Å². The molecule has 5 aliphatic carbocycles. The second kappa shape index (κ2) is 35.5. The van der Waals surface area contributed by atoms with Crippen LogP contribution in [0.1, 0.15) is 185 Å². The molecule has 1 saturated carbocycles. The molecule has 0 N–H and O–H groups in total. The molecule has 16 rings (SSSR count). The molecular formula is C92H108N4O13. The summed E-state index contributed by atoms with van der Waals surface area (Å²) in [6, 6.07) is 25.4. The Kier molecular flexibility index (Phi) is 25.5. The van der Waals surface area contributed by atoms with Gasteiger partial charge < -0.3 is 42.0 Å². The van der Waals surface area contributed by atoms with Crippen molar-refractivity contribution in [2.45, 2.75) is 220 Å². The summed E-state index contributed by atoms with van der Waals surface area (Å²) in [5.41, 5.74) is 26.4. The SMILES string of the molecule is Cc1cc(-c2cc3c(c(CC4CCCC4)c2)CC(=O)CC3)cn(C)c1=O.Cc1cc(-c2cc3c(c(CC4CCCCO4)c2)CC(=O)CC3)cn(C)c1=O.Cc1cc(-c2cc3c(c(COC4CCCOC4)c2)CC(=O)CC3)cn(C)c1=O.Cc1cc(-c2cc3c(c(COC4CCOCC4)c2)CC(=O)CC3)cn(C)c1=O. The molecule has 0 bridgehead atoms. The predicted molar refractivity (Wildman–Crippen MR) is 426 cm³/mol. The van der Waals surface area contributed by atoms with E-state index in [1.165, 1.54) is 82.2 Å². The van der Waals surface area contributed by atoms with Crippen molar-refractivity contribution in [1.82, 2.24) is 18.3 Å². The number of benzene rings is 4. The Labute approximate surface area is 640 Å². The van der Waals surface area contributed by atoms with Crippen LogP contribution in [0.25, 0.3) is 44.5 Å². The van der Waals surface area contributed by atoms with E-state index in [4.69, 9.17) is 23.7 Å². The minimum Gasteiger partial charge on any atom is -0.381 e. The van der Waals surface area contributed by atoms with Crippen LogP contribution in [0.4, 0.5) is 0 Å². The monoisotopic (exact) mass is 1480 g/mol. The number of carbonyl (C=O) groups is 4. The third kappa shape index (κ3) is 19.3. The largest absolute Gasteiger partial charge is 0.381 e. The number of fused-ring (bicyclic) bond motifs is 4. The van der Waals surface area contributed by atoms with Gasteiger partial charge in [0.25, 0.3) is 22.2 Å². The van der Waals surface area contributed by atoms with E-state index in [2.05, 4.69) is 48.5 Å². The molecular weight excluding hydrogens is 1370 g/mol. The van der Waals surface area contributed by atoms with Gasteiger partial charge in [-0.25, -0.2) is 0 Å². The molecule has 3 aliphatic heterocycles. The smallest absolute Gasteiger partial charge is 0.253 e. The molecule has 2 atom stereocenters. The molecule has 8 aromatic rings. The maximum absolute atomic E-state index is 12.1. The minimum atomic E-state index is 0.0214. The summed E-state index contributed by atoms with van der Waals surface area (Å²) in [6.45, 7) is 12.2. The summed E-state index contributed by atoms with van der Waals surface area (Å²) in [4.78, 5) is 96.5. The molecule has 0 spiro atoms. The zero-order valence-electron chi connectivity index (χ0n) is 65.3. The van der Waals surface area contributed by atoms with E-state index in [0.717, 1.165) is 193 Å². The Bertz CT molecular complexity index is 4740. The van der Waals surface area contributed by atoms with Gasteiger partial charge in [0.1, 0.15) is 23.1 Å². The number of pyridine rings is 4. The van der Waals surface area contributed by atoms with Crippen LogP contribution in [0.2, 0.25) is 0 Å². The Morgan fingerprint density at radius 2 is 0.697 bits per heavy atom. The maximum Gasteiger partial charge on any atom is 0.253 e.